The highest BCUT2D eigenvalue weighted by molar-refractivity contribution is 6.09. The third-order valence-electron chi connectivity index (χ3n) is 3.76. The minimum atomic E-state index is -0.361. The number of rotatable bonds is 6. The van der Waals surface area contributed by atoms with E-state index in [-0.39, 0.29) is 29.7 Å². The zero-order chi connectivity index (χ0) is 20.0. The van der Waals surface area contributed by atoms with Gasteiger partial charge in [0.05, 0.1) is 11.3 Å². The minimum absolute atomic E-state index is 0.0116. The Morgan fingerprint density at radius 2 is 1.52 bits per heavy atom. The molecule has 2 rings (SSSR count). The maximum atomic E-state index is 12.6. The third kappa shape index (κ3) is 5.67. The topological polar surface area (TPSA) is 87.3 Å². The molecule has 0 bridgehead atoms. The number of anilines is 2. The second kappa shape index (κ2) is 8.98. The molecule has 2 aromatic carbocycles. The van der Waals surface area contributed by atoms with Crippen molar-refractivity contribution in [2.75, 3.05) is 10.6 Å². The van der Waals surface area contributed by atoms with Gasteiger partial charge in [0, 0.05) is 23.2 Å². The van der Waals surface area contributed by atoms with Crippen LogP contribution in [0.1, 0.15) is 48.4 Å². The van der Waals surface area contributed by atoms with Gasteiger partial charge in [0.25, 0.3) is 11.8 Å². The molecule has 0 aliphatic carbocycles. The van der Waals surface area contributed by atoms with E-state index in [1.165, 1.54) is 0 Å². The molecule has 0 spiro atoms. The summed E-state index contributed by atoms with van der Waals surface area (Å²) in [6, 6.07) is 13.5. The monoisotopic (exact) mass is 367 g/mol. The van der Waals surface area contributed by atoms with E-state index in [4.69, 9.17) is 0 Å². The van der Waals surface area contributed by atoms with E-state index in [0.717, 1.165) is 0 Å². The van der Waals surface area contributed by atoms with Gasteiger partial charge in [0.2, 0.25) is 5.91 Å². The van der Waals surface area contributed by atoms with Gasteiger partial charge in [-0.05, 0) is 44.2 Å². The molecule has 0 saturated heterocycles. The minimum Gasteiger partial charge on any atom is -0.350 e. The van der Waals surface area contributed by atoms with Gasteiger partial charge in [-0.2, -0.15) is 0 Å². The lowest BCUT2D eigenvalue weighted by Gasteiger charge is -2.13. The quantitative estimate of drug-likeness (QED) is 0.728. The van der Waals surface area contributed by atoms with Crippen molar-refractivity contribution in [2.24, 2.45) is 5.92 Å². The maximum absolute atomic E-state index is 12.6. The lowest BCUT2D eigenvalue weighted by atomic mass is 10.1. The number of hydrogen-bond acceptors (Lipinski definition) is 3. The predicted octanol–water partition coefficient (Wildman–Crippen LogP) is 3.67. The summed E-state index contributed by atoms with van der Waals surface area (Å²) in [6.07, 6.45) is 0. The molecule has 0 heterocycles. The van der Waals surface area contributed by atoms with Crippen LogP contribution in [0.2, 0.25) is 0 Å². The van der Waals surface area contributed by atoms with Crippen molar-refractivity contribution in [1.29, 1.82) is 0 Å². The lowest BCUT2D eigenvalue weighted by Crippen LogP contribution is -2.31. The van der Waals surface area contributed by atoms with Gasteiger partial charge in [-0.3, -0.25) is 14.4 Å². The van der Waals surface area contributed by atoms with Crippen LogP contribution in [0.25, 0.3) is 0 Å². The van der Waals surface area contributed by atoms with Crippen molar-refractivity contribution >= 4 is 29.1 Å². The van der Waals surface area contributed by atoms with Crippen LogP contribution in [0.5, 0.6) is 0 Å². The van der Waals surface area contributed by atoms with Crippen LogP contribution in [0, 0.1) is 5.92 Å². The molecule has 3 N–H and O–H groups in total. The summed E-state index contributed by atoms with van der Waals surface area (Å²) < 4.78 is 0. The zero-order valence-corrected chi connectivity index (χ0v) is 16.0. The van der Waals surface area contributed by atoms with Crippen LogP contribution in [-0.4, -0.2) is 23.8 Å². The number of nitrogens with one attached hydrogen (secondary N) is 3. The summed E-state index contributed by atoms with van der Waals surface area (Å²) in [5, 5.41) is 8.36. The van der Waals surface area contributed by atoms with Crippen molar-refractivity contribution in [2.45, 2.75) is 33.7 Å². The normalized spacial score (nSPS) is 10.6. The molecule has 6 nitrogen and oxygen atoms in total. The highest BCUT2D eigenvalue weighted by Crippen LogP contribution is 2.18. The van der Waals surface area contributed by atoms with Gasteiger partial charge in [-0.25, -0.2) is 0 Å². The Hall–Kier alpha value is -3.15. The first kappa shape index (κ1) is 20.2. The second-order valence-electron chi connectivity index (χ2n) is 6.85. The molecule has 0 fully saturated rings. The summed E-state index contributed by atoms with van der Waals surface area (Å²) in [6.45, 7) is 7.34. The van der Waals surface area contributed by atoms with E-state index >= 15 is 0 Å². The van der Waals surface area contributed by atoms with Crippen molar-refractivity contribution in [3.8, 4) is 0 Å². The summed E-state index contributed by atoms with van der Waals surface area (Å²) in [4.78, 5) is 36.8. The molecule has 3 amide bonds. The number of hydrogen-bond donors (Lipinski definition) is 3. The molecule has 6 heteroatoms. The average molecular weight is 367 g/mol. The number of benzene rings is 2. The highest BCUT2D eigenvalue weighted by Gasteiger charge is 2.15. The number of para-hydroxylation sites is 1. The molecule has 27 heavy (non-hydrogen) atoms. The summed E-state index contributed by atoms with van der Waals surface area (Å²) in [7, 11) is 0. The van der Waals surface area contributed by atoms with Crippen LogP contribution in [0.3, 0.4) is 0 Å². The largest absolute Gasteiger partial charge is 0.350 e. The predicted molar refractivity (Wildman–Crippen MR) is 107 cm³/mol. The molecule has 142 valence electrons. The summed E-state index contributed by atoms with van der Waals surface area (Å²) in [5.74, 6) is -0.892. The second-order valence-corrected chi connectivity index (χ2v) is 6.85. The molecular formula is C21H25N3O3. The summed E-state index contributed by atoms with van der Waals surface area (Å²) in [5.41, 5.74) is 1.75. The first-order valence-corrected chi connectivity index (χ1v) is 8.90. The zero-order valence-electron chi connectivity index (χ0n) is 16.0. The molecule has 0 saturated carbocycles. The standard InChI is InChI=1S/C21H25N3O3/c1-13(2)19(25)23-16-9-7-8-15(12-16)20(26)24-18-11-6-5-10-17(18)21(27)22-14(3)4/h5-14H,1-4H3,(H,22,27)(H,23,25)(H,24,26). The maximum Gasteiger partial charge on any atom is 0.255 e. The van der Waals surface area contributed by atoms with Crippen LogP contribution < -0.4 is 16.0 Å². The van der Waals surface area contributed by atoms with Crippen molar-refractivity contribution in [3.63, 3.8) is 0 Å². The Bertz CT molecular complexity index is 844. The Balaban J connectivity index is 2.19. The molecule has 2 aromatic rings. The van der Waals surface area contributed by atoms with Gasteiger partial charge >= 0.3 is 0 Å². The fourth-order valence-electron chi connectivity index (χ4n) is 2.35. The molecule has 0 aliphatic heterocycles. The van der Waals surface area contributed by atoms with E-state index in [0.29, 0.717) is 22.5 Å². The van der Waals surface area contributed by atoms with Gasteiger partial charge in [0.1, 0.15) is 0 Å². The fourth-order valence-corrected chi connectivity index (χ4v) is 2.35. The van der Waals surface area contributed by atoms with E-state index in [9.17, 15) is 14.4 Å². The summed E-state index contributed by atoms with van der Waals surface area (Å²) >= 11 is 0. The molecular weight excluding hydrogens is 342 g/mol. The van der Waals surface area contributed by atoms with Crippen LogP contribution in [0.4, 0.5) is 11.4 Å². The number of carbonyl (C=O) groups excluding carboxylic acids is 3. The van der Waals surface area contributed by atoms with Crippen molar-refractivity contribution < 1.29 is 14.4 Å². The van der Waals surface area contributed by atoms with Crippen molar-refractivity contribution in [3.05, 3.63) is 59.7 Å². The molecule has 0 radical (unpaired) electrons. The third-order valence-corrected chi connectivity index (χ3v) is 3.76. The van der Waals surface area contributed by atoms with E-state index < -0.39 is 0 Å². The van der Waals surface area contributed by atoms with Gasteiger partial charge in [-0.15, -0.1) is 0 Å². The lowest BCUT2D eigenvalue weighted by molar-refractivity contribution is -0.118. The van der Waals surface area contributed by atoms with E-state index in [1.54, 1.807) is 62.4 Å². The van der Waals surface area contributed by atoms with Crippen LogP contribution in [0.15, 0.2) is 48.5 Å². The van der Waals surface area contributed by atoms with Gasteiger partial charge in [0.15, 0.2) is 0 Å². The fraction of sp³-hybridized carbons (Fsp3) is 0.286. The highest BCUT2D eigenvalue weighted by atomic mass is 16.2. The van der Waals surface area contributed by atoms with Crippen LogP contribution in [-0.2, 0) is 4.79 Å². The molecule has 0 atom stereocenters. The molecule has 0 aliphatic rings. The molecule has 0 unspecified atom stereocenters. The Morgan fingerprint density at radius 3 is 2.19 bits per heavy atom. The first-order valence-electron chi connectivity index (χ1n) is 8.90. The van der Waals surface area contributed by atoms with Gasteiger partial charge < -0.3 is 16.0 Å². The smallest absolute Gasteiger partial charge is 0.255 e. The van der Waals surface area contributed by atoms with E-state index in [1.807, 2.05) is 13.8 Å². The Morgan fingerprint density at radius 1 is 0.815 bits per heavy atom. The van der Waals surface area contributed by atoms with Crippen molar-refractivity contribution in [1.82, 2.24) is 5.32 Å². The van der Waals surface area contributed by atoms with E-state index in [2.05, 4.69) is 16.0 Å². The Labute approximate surface area is 159 Å². The SMILES string of the molecule is CC(C)NC(=O)c1ccccc1NC(=O)c1cccc(NC(=O)C(C)C)c1. The number of amides is 3. The number of carbonyl (C=O) groups is 3. The van der Waals surface area contributed by atoms with Crippen LogP contribution >= 0.6 is 0 Å². The first-order chi connectivity index (χ1) is 12.8. The Kier molecular flexibility index (Phi) is 6.71. The van der Waals surface area contributed by atoms with Gasteiger partial charge in [-0.1, -0.05) is 32.0 Å². The molecule has 0 aromatic heterocycles. The average Bonchev–Trinajstić information content (AvgIpc) is 2.61.